The van der Waals surface area contributed by atoms with Gasteiger partial charge in [0.15, 0.2) is 0 Å². The average molecular weight is 332 g/mol. The van der Waals surface area contributed by atoms with Gasteiger partial charge in [-0.05, 0) is 30.9 Å². The number of amides is 2. The van der Waals surface area contributed by atoms with E-state index in [1.165, 1.54) is 4.90 Å². The van der Waals surface area contributed by atoms with Crippen molar-refractivity contribution in [1.29, 1.82) is 0 Å². The molecule has 6 heteroatoms. The van der Waals surface area contributed by atoms with Crippen LogP contribution >= 0.6 is 0 Å². The highest BCUT2D eigenvalue weighted by molar-refractivity contribution is 5.98. The fourth-order valence-corrected chi connectivity index (χ4v) is 2.96. The molecule has 0 radical (unpaired) electrons. The lowest BCUT2D eigenvalue weighted by atomic mass is 9.97. The van der Waals surface area contributed by atoms with Crippen LogP contribution in [0.4, 0.5) is 0 Å². The molecule has 3 atom stereocenters. The van der Waals surface area contributed by atoms with Crippen LogP contribution in [0.15, 0.2) is 30.3 Å². The van der Waals surface area contributed by atoms with E-state index in [1.807, 2.05) is 19.9 Å². The second-order valence-electron chi connectivity index (χ2n) is 6.23. The monoisotopic (exact) mass is 332 g/mol. The smallest absolute Gasteiger partial charge is 0.326 e. The number of aliphatic carboxylic acids is 1. The van der Waals surface area contributed by atoms with Crippen LogP contribution in [0.5, 0.6) is 0 Å². The molecule has 1 aliphatic rings. The van der Waals surface area contributed by atoms with Gasteiger partial charge in [0.05, 0.1) is 0 Å². The van der Waals surface area contributed by atoms with E-state index in [-0.39, 0.29) is 17.7 Å². The van der Waals surface area contributed by atoms with Gasteiger partial charge >= 0.3 is 5.97 Å². The Morgan fingerprint density at radius 1 is 1.29 bits per heavy atom. The Kier molecular flexibility index (Phi) is 5.95. The van der Waals surface area contributed by atoms with Crippen molar-refractivity contribution in [3.8, 4) is 0 Å². The van der Waals surface area contributed by atoms with Crippen LogP contribution in [0, 0.1) is 5.92 Å². The zero-order valence-corrected chi connectivity index (χ0v) is 14.1. The lowest BCUT2D eigenvalue weighted by molar-refractivity contribution is -0.149. The fraction of sp³-hybridized carbons (Fsp3) is 0.500. The molecule has 0 unspecified atom stereocenters. The van der Waals surface area contributed by atoms with Crippen molar-refractivity contribution < 1.29 is 19.5 Å². The van der Waals surface area contributed by atoms with Crippen molar-refractivity contribution in [2.75, 3.05) is 6.54 Å². The Hall–Kier alpha value is -2.37. The van der Waals surface area contributed by atoms with E-state index in [0.29, 0.717) is 31.4 Å². The maximum atomic E-state index is 12.9. The summed E-state index contributed by atoms with van der Waals surface area (Å²) in [5, 5.41) is 12.1. The van der Waals surface area contributed by atoms with E-state index in [4.69, 9.17) is 0 Å². The first kappa shape index (κ1) is 18.0. The van der Waals surface area contributed by atoms with Crippen molar-refractivity contribution >= 4 is 17.8 Å². The van der Waals surface area contributed by atoms with Crippen LogP contribution in [-0.2, 0) is 9.59 Å². The summed E-state index contributed by atoms with van der Waals surface area (Å²) in [6.07, 6.45) is 1.83. The minimum atomic E-state index is -0.988. The number of benzene rings is 1. The molecule has 0 spiro atoms. The van der Waals surface area contributed by atoms with E-state index >= 15 is 0 Å². The summed E-state index contributed by atoms with van der Waals surface area (Å²) in [6.45, 7) is 4.25. The predicted molar refractivity (Wildman–Crippen MR) is 89.5 cm³/mol. The standard InChI is InChI=1S/C18H24N2O4/c1-3-12(2)15(19-16(21)13-8-5-4-6-9-13)17(22)20-11-7-10-14(20)18(23)24/h4-6,8-9,12,14-15H,3,7,10-11H2,1-2H3,(H,19,21)(H,23,24)/t12-,14-,15+/m0/s1. The second-order valence-corrected chi connectivity index (χ2v) is 6.23. The first-order valence-corrected chi connectivity index (χ1v) is 8.35. The number of nitrogens with zero attached hydrogens (tertiary/aromatic N) is 1. The molecule has 1 aromatic carbocycles. The van der Waals surface area contributed by atoms with E-state index in [9.17, 15) is 19.5 Å². The van der Waals surface area contributed by atoms with Crippen LogP contribution in [0.3, 0.4) is 0 Å². The quantitative estimate of drug-likeness (QED) is 0.833. The van der Waals surface area contributed by atoms with Crippen LogP contribution in [0.1, 0.15) is 43.5 Å². The highest BCUT2D eigenvalue weighted by atomic mass is 16.4. The number of nitrogens with one attached hydrogen (secondary N) is 1. The van der Waals surface area contributed by atoms with Gasteiger partial charge in [0.25, 0.3) is 5.91 Å². The molecule has 0 saturated carbocycles. The maximum absolute atomic E-state index is 12.9. The zero-order chi connectivity index (χ0) is 17.7. The molecule has 2 amide bonds. The number of hydrogen-bond acceptors (Lipinski definition) is 3. The summed E-state index contributed by atoms with van der Waals surface area (Å²) in [5.41, 5.74) is 0.481. The third kappa shape index (κ3) is 3.93. The number of rotatable bonds is 6. The summed E-state index contributed by atoms with van der Waals surface area (Å²) in [4.78, 5) is 38.0. The molecule has 130 valence electrons. The maximum Gasteiger partial charge on any atom is 0.326 e. The van der Waals surface area contributed by atoms with Gasteiger partial charge in [-0.2, -0.15) is 0 Å². The Bertz CT molecular complexity index is 602. The third-order valence-corrected chi connectivity index (χ3v) is 4.62. The predicted octanol–water partition coefficient (Wildman–Crippen LogP) is 1.91. The number of carbonyl (C=O) groups is 3. The molecule has 0 aliphatic carbocycles. The molecule has 24 heavy (non-hydrogen) atoms. The largest absolute Gasteiger partial charge is 0.480 e. The van der Waals surface area contributed by atoms with E-state index in [0.717, 1.165) is 0 Å². The van der Waals surface area contributed by atoms with E-state index < -0.39 is 18.1 Å². The molecular weight excluding hydrogens is 308 g/mol. The van der Waals surface area contributed by atoms with Crippen molar-refractivity contribution in [2.24, 2.45) is 5.92 Å². The first-order valence-electron chi connectivity index (χ1n) is 8.35. The lowest BCUT2D eigenvalue weighted by Crippen LogP contribution is -2.54. The Morgan fingerprint density at radius 3 is 2.54 bits per heavy atom. The normalized spacial score (nSPS) is 19.6. The van der Waals surface area contributed by atoms with Crippen LogP contribution < -0.4 is 5.32 Å². The van der Waals surface area contributed by atoms with Gasteiger partial charge in [-0.25, -0.2) is 4.79 Å². The molecule has 0 aromatic heterocycles. The van der Waals surface area contributed by atoms with Gasteiger partial charge in [-0.3, -0.25) is 9.59 Å². The van der Waals surface area contributed by atoms with Gasteiger partial charge in [0.2, 0.25) is 5.91 Å². The van der Waals surface area contributed by atoms with Crippen molar-refractivity contribution in [1.82, 2.24) is 10.2 Å². The van der Waals surface area contributed by atoms with Gasteiger partial charge in [-0.15, -0.1) is 0 Å². The summed E-state index contributed by atoms with van der Waals surface area (Å²) in [7, 11) is 0. The number of hydrogen-bond donors (Lipinski definition) is 2. The fourth-order valence-electron chi connectivity index (χ4n) is 2.96. The minimum absolute atomic E-state index is 0.0831. The number of carboxylic acid groups (broad SMARTS) is 1. The Morgan fingerprint density at radius 2 is 1.96 bits per heavy atom. The van der Waals surface area contributed by atoms with E-state index in [1.54, 1.807) is 24.3 Å². The number of carbonyl (C=O) groups excluding carboxylic acids is 2. The summed E-state index contributed by atoms with van der Waals surface area (Å²) in [5.74, 6) is -1.70. The highest BCUT2D eigenvalue weighted by Crippen LogP contribution is 2.21. The van der Waals surface area contributed by atoms with Gasteiger partial charge in [0, 0.05) is 12.1 Å². The average Bonchev–Trinajstić information content (AvgIpc) is 3.09. The van der Waals surface area contributed by atoms with Gasteiger partial charge < -0.3 is 15.3 Å². The van der Waals surface area contributed by atoms with Crippen LogP contribution in [-0.4, -0.2) is 46.4 Å². The Labute approximate surface area is 141 Å². The van der Waals surface area contributed by atoms with E-state index in [2.05, 4.69) is 5.32 Å². The molecular formula is C18H24N2O4. The molecule has 6 nitrogen and oxygen atoms in total. The SMILES string of the molecule is CC[C@H](C)[C@@H](NC(=O)c1ccccc1)C(=O)N1CCC[C@H]1C(=O)O. The van der Waals surface area contributed by atoms with Crippen molar-refractivity contribution in [2.45, 2.75) is 45.2 Å². The highest BCUT2D eigenvalue weighted by Gasteiger charge is 2.39. The lowest BCUT2D eigenvalue weighted by Gasteiger charge is -2.30. The molecule has 2 N–H and O–H groups in total. The van der Waals surface area contributed by atoms with Gasteiger partial charge in [-0.1, -0.05) is 38.5 Å². The minimum Gasteiger partial charge on any atom is -0.480 e. The summed E-state index contributed by atoms with van der Waals surface area (Å²) < 4.78 is 0. The van der Waals surface area contributed by atoms with Gasteiger partial charge in [0.1, 0.15) is 12.1 Å². The molecule has 1 fully saturated rings. The Balaban J connectivity index is 2.17. The molecule has 1 heterocycles. The van der Waals surface area contributed by atoms with Crippen LogP contribution in [0.25, 0.3) is 0 Å². The summed E-state index contributed by atoms with van der Waals surface area (Å²) in [6, 6.07) is 7.19. The topological polar surface area (TPSA) is 86.7 Å². The third-order valence-electron chi connectivity index (χ3n) is 4.62. The molecule has 0 bridgehead atoms. The molecule has 2 rings (SSSR count). The van der Waals surface area contributed by atoms with Crippen LogP contribution in [0.2, 0.25) is 0 Å². The number of carboxylic acids is 1. The zero-order valence-electron chi connectivity index (χ0n) is 14.1. The van der Waals surface area contributed by atoms with Crippen molar-refractivity contribution in [3.05, 3.63) is 35.9 Å². The first-order chi connectivity index (χ1) is 11.5. The summed E-state index contributed by atoms with van der Waals surface area (Å²) >= 11 is 0. The van der Waals surface area contributed by atoms with Crippen molar-refractivity contribution in [3.63, 3.8) is 0 Å². The number of likely N-dealkylation sites (tertiary alicyclic amines) is 1. The molecule has 1 saturated heterocycles. The molecule has 1 aromatic rings. The second kappa shape index (κ2) is 7.95. The molecule has 1 aliphatic heterocycles.